The molecule has 0 spiro atoms. The number of hydrogen-bond acceptors (Lipinski definition) is 5. The van der Waals surface area contributed by atoms with Crippen molar-refractivity contribution in [2.75, 3.05) is 19.7 Å². The second-order valence-electron chi connectivity index (χ2n) is 8.84. The van der Waals surface area contributed by atoms with Gasteiger partial charge in [-0.25, -0.2) is 9.59 Å². The second kappa shape index (κ2) is 10.7. The van der Waals surface area contributed by atoms with Crippen LogP contribution < -0.4 is 11.1 Å². The summed E-state index contributed by atoms with van der Waals surface area (Å²) in [6, 6.07) is 14.5. The zero-order valence-electron chi connectivity index (χ0n) is 19.1. The fraction of sp³-hybridized carbons (Fsp3) is 0.423. The first-order chi connectivity index (χ1) is 16.5. The fourth-order valence-corrected chi connectivity index (χ4v) is 4.95. The SMILES string of the molecule is NCCCC[C@H](NC(=O)[C@@H]1CCCN1C(=O)OCC1c2ccccc2-c2ccccc21)C(=O)O. The molecule has 180 valence electrons. The number of likely N-dealkylation sites (tertiary alicyclic amines) is 1. The first-order valence-corrected chi connectivity index (χ1v) is 11.9. The summed E-state index contributed by atoms with van der Waals surface area (Å²) in [6.45, 7) is 1.05. The van der Waals surface area contributed by atoms with E-state index < -0.39 is 30.1 Å². The van der Waals surface area contributed by atoms with Gasteiger partial charge >= 0.3 is 12.1 Å². The van der Waals surface area contributed by atoms with Crippen LogP contribution in [-0.2, 0) is 14.3 Å². The summed E-state index contributed by atoms with van der Waals surface area (Å²) >= 11 is 0. The standard InChI is InChI=1S/C26H31N3O5/c27-14-6-5-12-22(25(31)32)28-24(30)23-13-7-15-29(23)26(33)34-16-21-19-10-3-1-8-17(19)18-9-2-4-11-20(18)21/h1-4,8-11,21-23H,5-7,12-16,27H2,(H,28,30)(H,31,32)/t22-,23-/m0/s1. The number of amides is 2. The average molecular weight is 466 g/mol. The van der Waals surface area contributed by atoms with Crippen molar-refractivity contribution in [2.45, 2.75) is 50.1 Å². The van der Waals surface area contributed by atoms with Crippen molar-refractivity contribution in [3.05, 3.63) is 59.7 Å². The van der Waals surface area contributed by atoms with Crippen LogP contribution in [0.1, 0.15) is 49.1 Å². The van der Waals surface area contributed by atoms with Gasteiger partial charge in [-0.3, -0.25) is 9.69 Å². The van der Waals surface area contributed by atoms with Crippen LogP contribution >= 0.6 is 0 Å². The van der Waals surface area contributed by atoms with Gasteiger partial charge in [0, 0.05) is 12.5 Å². The third-order valence-electron chi connectivity index (χ3n) is 6.69. The highest BCUT2D eigenvalue weighted by Crippen LogP contribution is 2.44. The van der Waals surface area contributed by atoms with Gasteiger partial charge in [-0.1, -0.05) is 48.5 Å². The van der Waals surface area contributed by atoms with E-state index >= 15 is 0 Å². The van der Waals surface area contributed by atoms with Gasteiger partial charge in [-0.15, -0.1) is 0 Å². The van der Waals surface area contributed by atoms with Crippen LogP contribution in [0.3, 0.4) is 0 Å². The van der Waals surface area contributed by atoms with Crippen LogP contribution in [0.15, 0.2) is 48.5 Å². The van der Waals surface area contributed by atoms with Crippen LogP contribution in [0.25, 0.3) is 11.1 Å². The third-order valence-corrected chi connectivity index (χ3v) is 6.69. The summed E-state index contributed by atoms with van der Waals surface area (Å²) in [7, 11) is 0. The number of ether oxygens (including phenoxy) is 1. The van der Waals surface area contributed by atoms with Crippen LogP contribution in [0.2, 0.25) is 0 Å². The number of nitrogens with one attached hydrogen (secondary N) is 1. The molecule has 34 heavy (non-hydrogen) atoms. The zero-order chi connectivity index (χ0) is 24.1. The predicted octanol–water partition coefficient (Wildman–Crippen LogP) is 3.10. The van der Waals surface area contributed by atoms with Crippen molar-refractivity contribution in [3.8, 4) is 11.1 Å². The van der Waals surface area contributed by atoms with Gasteiger partial charge < -0.3 is 20.9 Å². The highest BCUT2D eigenvalue weighted by atomic mass is 16.6. The molecule has 4 N–H and O–H groups in total. The molecule has 1 saturated heterocycles. The molecule has 4 rings (SSSR count). The maximum absolute atomic E-state index is 13.0. The monoisotopic (exact) mass is 465 g/mol. The van der Waals surface area contributed by atoms with E-state index in [-0.39, 0.29) is 12.5 Å². The van der Waals surface area contributed by atoms with Gasteiger partial charge in [0.2, 0.25) is 5.91 Å². The highest BCUT2D eigenvalue weighted by molar-refractivity contribution is 5.89. The average Bonchev–Trinajstić information content (AvgIpc) is 3.45. The molecular weight excluding hydrogens is 434 g/mol. The van der Waals surface area contributed by atoms with E-state index in [9.17, 15) is 19.5 Å². The van der Waals surface area contributed by atoms with Crippen molar-refractivity contribution in [1.29, 1.82) is 0 Å². The van der Waals surface area contributed by atoms with Crippen LogP contribution in [0.5, 0.6) is 0 Å². The van der Waals surface area contributed by atoms with Gasteiger partial charge in [0.25, 0.3) is 0 Å². The van der Waals surface area contributed by atoms with Gasteiger partial charge in [0.1, 0.15) is 18.7 Å². The molecule has 0 unspecified atom stereocenters. The third kappa shape index (κ3) is 4.92. The Kier molecular flexibility index (Phi) is 7.47. The Balaban J connectivity index is 1.39. The normalized spacial score (nSPS) is 17.7. The van der Waals surface area contributed by atoms with E-state index in [1.807, 2.05) is 24.3 Å². The summed E-state index contributed by atoms with van der Waals surface area (Å²) < 4.78 is 5.71. The molecule has 2 amide bonds. The van der Waals surface area contributed by atoms with E-state index in [0.717, 1.165) is 22.3 Å². The summed E-state index contributed by atoms with van der Waals surface area (Å²) in [5, 5.41) is 12.1. The van der Waals surface area contributed by atoms with Crippen LogP contribution in [0.4, 0.5) is 4.79 Å². The molecule has 8 nitrogen and oxygen atoms in total. The summed E-state index contributed by atoms with van der Waals surface area (Å²) in [6.07, 6.45) is 2.19. The van der Waals surface area contributed by atoms with Gasteiger partial charge in [0.15, 0.2) is 0 Å². The Hall–Kier alpha value is -3.39. The van der Waals surface area contributed by atoms with Crippen molar-refractivity contribution >= 4 is 18.0 Å². The molecule has 0 radical (unpaired) electrons. The number of aliphatic carboxylic acids is 1. The van der Waals surface area contributed by atoms with Crippen LogP contribution in [-0.4, -0.2) is 59.8 Å². The highest BCUT2D eigenvalue weighted by Gasteiger charge is 2.37. The lowest BCUT2D eigenvalue weighted by Gasteiger charge is -2.25. The molecule has 8 heteroatoms. The number of rotatable bonds is 9. The quantitative estimate of drug-likeness (QED) is 0.489. The number of carbonyl (C=O) groups is 3. The number of hydrogen-bond donors (Lipinski definition) is 3. The van der Waals surface area contributed by atoms with Crippen LogP contribution in [0, 0.1) is 0 Å². The van der Waals surface area contributed by atoms with Crippen molar-refractivity contribution < 1.29 is 24.2 Å². The summed E-state index contributed by atoms with van der Waals surface area (Å²) in [4.78, 5) is 38.8. The Bertz CT molecular complexity index is 1010. The van der Waals surface area contributed by atoms with Crippen molar-refractivity contribution in [3.63, 3.8) is 0 Å². The lowest BCUT2D eigenvalue weighted by molar-refractivity contribution is -0.142. The number of nitrogens with two attached hydrogens (primary N) is 1. The Morgan fingerprint density at radius 1 is 1.06 bits per heavy atom. The summed E-state index contributed by atoms with van der Waals surface area (Å²) in [5.74, 6) is -1.60. The molecule has 1 aliphatic heterocycles. The molecule has 0 bridgehead atoms. The van der Waals surface area contributed by atoms with E-state index in [1.165, 1.54) is 4.90 Å². The first-order valence-electron chi connectivity index (χ1n) is 11.9. The largest absolute Gasteiger partial charge is 0.480 e. The predicted molar refractivity (Wildman–Crippen MR) is 127 cm³/mol. The number of nitrogens with zero attached hydrogens (tertiary/aromatic N) is 1. The minimum atomic E-state index is -1.09. The van der Waals surface area contributed by atoms with Gasteiger partial charge in [-0.05, 0) is 60.9 Å². The van der Waals surface area contributed by atoms with E-state index in [1.54, 1.807) is 0 Å². The minimum Gasteiger partial charge on any atom is -0.480 e. The lowest BCUT2D eigenvalue weighted by Crippen LogP contribution is -2.51. The number of carboxylic acid groups (broad SMARTS) is 1. The molecule has 0 saturated carbocycles. The fourth-order valence-electron chi connectivity index (χ4n) is 4.95. The molecule has 1 fully saturated rings. The van der Waals surface area contributed by atoms with Gasteiger partial charge in [-0.2, -0.15) is 0 Å². The Morgan fingerprint density at radius 2 is 1.71 bits per heavy atom. The zero-order valence-corrected chi connectivity index (χ0v) is 19.1. The Labute approximate surface area is 199 Å². The molecule has 1 heterocycles. The molecule has 0 aromatic heterocycles. The molecule has 2 aromatic carbocycles. The Morgan fingerprint density at radius 3 is 2.32 bits per heavy atom. The number of carboxylic acids is 1. The summed E-state index contributed by atoms with van der Waals surface area (Å²) in [5.41, 5.74) is 10.0. The maximum Gasteiger partial charge on any atom is 0.410 e. The second-order valence-corrected chi connectivity index (χ2v) is 8.84. The number of fused-ring (bicyclic) bond motifs is 3. The maximum atomic E-state index is 13.0. The van der Waals surface area contributed by atoms with E-state index in [0.29, 0.717) is 45.2 Å². The lowest BCUT2D eigenvalue weighted by atomic mass is 9.98. The molecule has 2 aromatic rings. The minimum absolute atomic E-state index is 0.0647. The van der Waals surface area contributed by atoms with E-state index in [4.69, 9.17) is 10.5 Å². The van der Waals surface area contributed by atoms with Gasteiger partial charge in [0.05, 0.1) is 0 Å². The molecule has 2 atom stereocenters. The molecule has 2 aliphatic rings. The first kappa shape index (κ1) is 23.8. The van der Waals surface area contributed by atoms with E-state index in [2.05, 4.69) is 29.6 Å². The number of carbonyl (C=O) groups excluding carboxylic acids is 2. The molecular formula is C26H31N3O5. The smallest absolute Gasteiger partial charge is 0.410 e. The number of benzene rings is 2. The van der Waals surface area contributed by atoms with Crippen molar-refractivity contribution in [2.24, 2.45) is 5.73 Å². The molecule has 1 aliphatic carbocycles. The number of unbranched alkanes of at least 4 members (excludes halogenated alkanes) is 1. The van der Waals surface area contributed by atoms with Crippen molar-refractivity contribution in [1.82, 2.24) is 10.2 Å². The topological polar surface area (TPSA) is 122 Å².